The number of benzene rings is 2. The van der Waals surface area contributed by atoms with Gasteiger partial charge in [0.05, 0.1) is 25.1 Å². The second-order valence-corrected chi connectivity index (χ2v) is 9.12. The summed E-state index contributed by atoms with van der Waals surface area (Å²) in [5.74, 6) is 1.45. The molecule has 0 bridgehead atoms. The zero-order valence-corrected chi connectivity index (χ0v) is 19.3. The minimum Gasteiger partial charge on any atom is -0.493 e. The molecule has 0 heterocycles. The van der Waals surface area contributed by atoms with Crippen LogP contribution in [0.25, 0.3) is 0 Å². The van der Waals surface area contributed by atoms with E-state index in [0.717, 1.165) is 6.26 Å². The third-order valence-corrected chi connectivity index (χ3v) is 5.79. The number of nitrogens with one attached hydrogen (secondary N) is 1. The quantitative estimate of drug-likeness (QED) is 0.566. The minimum atomic E-state index is -3.34. The van der Waals surface area contributed by atoms with Gasteiger partial charge < -0.3 is 19.5 Å². The first-order chi connectivity index (χ1) is 14.7. The maximum Gasteiger partial charge on any atom is 0.261 e. The number of anilines is 1. The zero-order valence-electron chi connectivity index (χ0n) is 18.5. The molecule has 1 N–H and O–H groups in total. The topological polar surface area (TPSA) is 94.2 Å². The molecule has 0 aromatic heterocycles. The van der Waals surface area contributed by atoms with Gasteiger partial charge in [0.15, 0.2) is 17.6 Å². The Morgan fingerprint density at radius 3 is 2.26 bits per heavy atom. The molecular formula is C22H30N2O6S. The summed E-state index contributed by atoms with van der Waals surface area (Å²) in [5, 5.41) is 2.89. The van der Waals surface area contributed by atoms with Gasteiger partial charge in [-0.15, -0.1) is 0 Å². The van der Waals surface area contributed by atoms with Gasteiger partial charge in [-0.05, 0) is 49.7 Å². The van der Waals surface area contributed by atoms with E-state index in [1.807, 2.05) is 26.0 Å². The minimum absolute atomic E-state index is 0.249. The van der Waals surface area contributed by atoms with E-state index in [9.17, 15) is 13.2 Å². The number of nitrogens with zero attached hydrogens (tertiary/aromatic N) is 1. The number of ether oxygens (including phenoxy) is 3. The first-order valence-electron chi connectivity index (χ1n) is 9.92. The van der Waals surface area contributed by atoms with Crippen molar-refractivity contribution in [2.75, 3.05) is 31.3 Å². The molecule has 2 atom stereocenters. The molecule has 9 heteroatoms. The van der Waals surface area contributed by atoms with Crippen LogP contribution in [0.5, 0.6) is 17.2 Å². The Kier molecular flexibility index (Phi) is 8.56. The molecule has 0 fully saturated rings. The smallest absolute Gasteiger partial charge is 0.261 e. The molecule has 2 rings (SSSR count). The molecule has 2 aromatic carbocycles. The van der Waals surface area contributed by atoms with Crippen molar-refractivity contribution < 1.29 is 27.4 Å². The van der Waals surface area contributed by atoms with Crippen molar-refractivity contribution >= 4 is 21.6 Å². The summed E-state index contributed by atoms with van der Waals surface area (Å²) in [6.07, 6.45) is 0.914. The second-order valence-electron chi connectivity index (χ2n) is 7.11. The molecule has 31 heavy (non-hydrogen) atoms. The predicted octanol–water partition coefficient (Wildman–Crippen LogP) is 2.83. The number of hydrogen-bond donors (Lipinski definition) is 1. The lowest BCUT2D eigenvalue weighted by Crippen LogP contribution is -2.44. The van der Waals surface area contributed by atoms with Crippen LogP contribution >= 0.6 is 0 Å². The van der Waals surface area contributed by atoms with Crippen LogP contribution in [0.3, 0.4) is 0 Å². The summed E-state index contributed by atoms with van der Waals surface area (Å²) in [6.45, 7) is 3.97. The van der Waals surface area contributed by atoms with Gasteiger partial charge >= 0.3 is 0 Å². The predicted molar refractivity (Wildman–Crippen MR) is 120 cm³/mol. The number of rotatable bonds is 11. The third-order valence-electron chi connectivity index (χ3n) is 4.59. The lowest BCUT2D eigenvalue weighted by Gasteiger charge is -2.22. The van der Waals surface area contributed by atoms with Crippen LogP contribution in [0, 0.1) is 0 Å². The highest BCUT2D eigenvalue weighted by Gasteiger charge is 2.21. The molecule has 2 aromatic rings. The number of carbonyl (C=O) groups is 1. The Bertz CT molecular complexity index is 962. The van der Waals surface area contributed by atoms with Gasteiger partial charge in [-0.3, -0.25) is 9.10 Å². The van der Waals surface area contributed by atoms with Crippen molar-refractivity contribution in [3.05, 3.63) is 48.5 Å². The Morgan fingerprint density at radius 2 is 1.71 bits per heavy atom. The number of hydrogen-bond acceptors (Lipinski definition) is 6. The molecule has 0 saturated heterocycles. The fourth-order valence-electron chi connectivity index (χ4n) is 2.74. The molecule has 0 aliphatic carbocycles. The van der Waals surface area contributed by atoms with Crippen molar-refractivity contribution in [3.8, 4) is 17.2 Å². The Balaban J connectivity index is 1.92. The van der Waals surface area contributed by atoms with Gasteiger partial charge in [-0.1, -0.05) is 19.1 Å². The molecule has 0 saturated carbocycles. The average Bonchev–Trinajstić information content (AvgIpc) is 2.75. The van der Waals surface area contributed by atoms with Crippen LogP contribution < -0.4 is 23.8 Å². The molecular weight excluding hydrogens is 420 g/mol. The van der Waals surface area contributed by atoms with Gasteiger partial charge in [0.25, 0.3) is 5.91 Å². The summed E-state index contributed by atoms with van der Waals surface area (Å²) in [7, 11) is -0.299. The van der Waals surface area contributed by atoms with E-state index >= 15 is 0 Å². The first kappa shape index (κ1) is 24.3. The van der Waals surface area contributed by atoms with Crippen LogP contribution in [-0.4, -0.2) is 53.5 Å². The summed E-state index contributed by atoms with van der Waals surface area (Å²) < 4.78 is 41.3. The van der Waals surface area contributed by atoms with Crippen molar-refractivity contribution in [3.63, 3.8) is 0 Å². The maximum absolute atomic E-state index is 12.6. The summed E-state index contributed by atoms with van der Waals surface area (Å²) in [4.78, 5) is 12.6. The number of para-hydroxylation sites is 2. The molecule has 2 unspecified atom stereocenters. The van der Waals surface area contributed by atoms with Crippen LogP contribution in [0.4, 0.5) is 5.69 Å². The number of methoxy groups -OCH3 is 1. The second kappa shape index (κ2) is 10.9. The fraction of sp³-hybridized carbons (Fsp3) is 0.409. The molecule has 170 valence electrons. The normalized spacial score (nSPS) is 13.1. The van der Waals surface area contributed by atoms with Crippen molar-refractivity contribution in [1.82, 2.24) is 5.32 Å². The van der Waals surface area contributed by atoms with E-state index in [-0.39, 0.29) is 18.6 Å². The molecule has 0 radical (unpaired) electrons. The van der Waals surface area contributed by atoms with E-state index in [4.69, 9.17) is 14.2 Å². The summed E-state index contributed by atoms with van der Waals surface area (Å²) >= 11 is 0. The number of sulfonamides is 1. The van der Waals surface area contributed by atoms with Crippen LogP contribution in [-0.2, 0) is 14.8 Å². The highest BCUT2D eigenvalue weighted by molar-refractivity contribution is 7.92. The Labute approximate surface area is 184 Å². The highest BCUT2D eigenvalue weighted by Crippen LogP contribution is 2.26. The monoisotopic (exact) mass is 450 g/mol. The number of carbonyl (C=O) groups excluding carboxylic acids is 1. The van der Waals surface area contributed by atoms with Gasteiger partial charge in [0.1, 0.15) is 12.4 Å². The van der Waals surface area contributed by atoms with E-state index in [0.29, 0.717) is 29.4 Å². The van der Waals surface area contributed by atoms with Gasteiger partial charge in [-0.25, -0.2) is 8.42 Å². The third kappa shape index (κ3) is 7.06. The molecule has 8 nitrogen and oxygen atoms in total. The lowest BCUT2D eigenvalue weighted by molar-refractivity contribution is -0.128. The maximum atomic E-state index is 12.6. The molecule has 0 aliphatic heterocycles. The van der Waals surface area contributed by atoms with E-state index < -0.39 is 16.1 Å². The average molecular weight is 451 g/mol. The standard InChI is InChI=1S/C22H30N2O6S/c1-6-19(30-18-13-11-17(12-14-18)24(3)31(5,26)27)22(25)23-16(2)15-29-21-10-8-7-9-20(21)28-4/h7-14,16,19H,6,15H2,1-5H3,(H,23,25). The van der Waals surface area contributed by atoms with Crippen molar-refractivity contribution in [2.45, 2.75) is 32.4 Å². The van der Waals surface area contributed by atoms with E-state index in [2.05, 4.69) is 5.32 Å². The Hall–Kier alpha value is -2.94. The largest absolute Gasteiger partial charge is 0.493 e. The summed E-state index contributed by atoms with van der Waals surface area (Å²) in [6, 6.07) is 13.6. The van der Waals surface area contributed by atoms with Crippen LogP contribution in [0.15, 0.2) is 48.5 Å². The van der Waals surface area contributed by atoms with Gasteiger partial charge in [0, 0.05) is 7.05 Å². The number of amides is 1. The highest BCUT2D eigenvalue weighted by atomic mass is 32.2. The van der Waals surface area contributed by atoms with E-state index in [1.165, 1.54) is 11.4 Å². The molecule has 0 aliphatic rings. The van der Waals surface area contributed by atoms with Crippen LogP contribution in [0.2, 0.25) is 0 Å². The lowest BCUT2D eigenvalue weighted by atomic mass is 10.2. The fourth-order valence-corrected chi connectivity index (χ4v) is 3.25. The van der Waals surface area contributed by atoms with Gasteiger partial charge in [-0.2, -0.15) is 0 Å². The summed E-state index contributed by atoms with van der Waals surface area (Å²) in [5.41, 5.74) is 0.509. The molecule has 1 amide bonds. The molecule has 0 spiro atoms. The van der Waals surface area contributed by atoms with Gasteiger partial charge in [0.2, 0.25) is 10.0 Å². The van der Waals surface area contributed by atoms with E-state index in [1.54, 1.807) is 43.5 Å². The Morgan fingerprint density at radius 1 is 1.10 bits per heavy atom. The van der Waals surface area contributed by atoms with Crippen molar-refractivity contribution in [1.29, 1.82) is 0 Å². The van der Waals surface area contributed by atoms with Crippen LogP contribution in [0.1, 0.15) is 20.3 Å². The SMILES string of the molecule is CCC(Oc1ccc(N(C)S(C)(=O)=O)cc1)C(=O)NC(C)COc1ccccc1OC. The van der Waals surface area contributed by atoms with Crippen molar-refractivity contribution in [2.24, 2.45) is 0 Å². The first-order valence-corrected chi connectivity index (χ1v) is 11.8. The zero-order chi connectivity index (χ0) is 23.0.